The van der Waals surface area contributed by atoms with Crippen LogP contribution < -0.4 is 10.9 Å². The van der Waals surface area contributed by atoms with Gasteiger partial charge in [-0.3, -0.25) is 14.6 Å². The molecule has 0 amide bonds. The number of anilines is 1. The first-order valence-electron chi connectivity index (χ1n) is 6.07. The Labute approximate surface area is 125 Å². The molecule has 0 aliphatic heterocycles. The van der Waals surface area contributed by atoms with Gasteiger partial charge in [-0.05, 0) is 17.7 Å². The number of hydrogen-bond acceptors (Lipinski definition) is 6. The minimum absolute atomic E-state index is 0.0250. The molecule has 0 fully saturated rings. The van der Waals surface area contributed by atoms with E-state index in [2.05, 4.69) is 20.1 Å². The second-order valence-electron chi connectivity index (χ2n) is 4.12. The average molecular weight is 309 g/mol. The molecule has 0 aromatic carbocycles. The second kappa shape index (κ2) is 6.85. The van der Waals surface area contributed by atoms with Gasteiger partial charge in [0.15, 0.2) is 0 Å². The molecule has 2 aromatic rings. The number of halogens is 1. The number of ether oxygens (including phenoxy) is 1. The Morgan fingerprint density at radius 2 is 2.14 bits per heavy atom. The molecule has 0 bridgehead atoms. The van der Waals surface area contributed by atoms with Crippen LogP contribution in [0.15, 0.2) is 35.5 Å². The number of esters is 1. The lowest BCUT2D eigenvalue weighted by molar-refractivity contribution is -0.141. The highest BCUT2D eigenvalue weighted by Crippen LogP contribution is 2.16. The molecule has 2 aromatic heterocycles. The first-order chi connectivity index (χ1) is 10.1. The highest BCUT2D eigenvalue weighted by Gasteiger charge is 2.11. The molecule has 0 atom stereocenters. The summed E-state index contributed by atoms with van der Waals surface area (Å²) in [7, 11) is 1.24. The summed E-state index contributed by atoms with van der Waals surface area (Å²) in [6.07, 6.45) is 4.74. The molecule has 8 heteroatoms. The number of rotatable bonds is 5. The fraction of sp³-hybridized carbons (Fsp3) is 0.231. The van der Waals surface area contributed by atoms with Gasteiger partial charge in [0, 0.05) is 18.9 Å². The van der Waals surface area contributed by atoms with Gasteiger partial charge in [0.1, 0.15) is 11.6 Å². The highest BCUT2D eigenvalue weighted by molar-refractivity contribution is 6.32. The van der Waals surface area contributed by atoms with E-state index in [0.29, 0.717) is 12.2 Å². The molecule has 2 heterocycles. The molecular formula is C13H13ClN4O3. The number of nitrogens with one attached hydrogen (secondary N) is 1. The Morgan fingerprint density at radius 3 is 2.81 bits per heavy atom. The Balaban J connectivity index is 2.13. The van der Waals surface area contributed by atoms with Crippen molar-refractivity contribution in [3.8, 4) is 0 Å². The number of carbonyl (C=O) groups excluding carboxylic acids is 1. The van der Waals surface area contributed by atoms with E-state index in [9.17, 15) is 9.59 Å². The van der Waals surface area contributed by atoms with E-state index in [-0.39, 0.29) is 11.6 Å². The van der Waals surface area contributed by atoms with Gasteiger partial charge in [-0.2, -0.15) is 5.10 Å². The molecule has 0 saturated heterocycles. The Morgan fingerprint density at radius 1 is 1.43 bits per heavy atom. The van der Waals surface area contributed by atoms with Crippen LogP contribution in [-0.2, 0) is 22.6 Å². The number of nitrogens with zero attached hydrogens (tertiary/aromatic N) is 3. The molecular weight excluding hydrogens is 296 g/mol. The maximum Gasteiger partial charge on any atom is 0.327 e. The number of hydrogen-bond donors (Lipinski definition) is 1. The fourth-order valence-electron chi connectivity index (χ4n) is 1.59. The summed E-state index contributed by atoms with van der Waals surface area (Å²) in [6.45, 7) is 0.198. The quantitative estimate of drug-likeness (QED) is 0.832. The lowest BCUT2D eigenvalue weighted by Crippen LogP contribution is -2.28. The summed E-state index contributed by atoms with van der Waals surface area (Å²) in [4.78, 5) is 27.0. The first kappa shape index (κ1) is 15.0. The molecule has 0 spiro atoms. The zero-order valence-electron chi connectivity index (χ0n) is 11.2. The fourth-order valence-corrected chi connectivity index (χ4v) is 1.80. The van der Waals surface area contributed by atoms with Gasteiger partial charge in [-0.1, -0.05) is 11.6 Å². The predicted molar refractivity (Wildman–Crippen MR) is 77.1 cm³/mol. The molecule has 110 valence electrons. The van der Waals surface area contributed by atoms with Gasteiger partial charge in [0.2, 0.25) is 0 Å². The summed E-state index contributed by atoms with van der Waals surface area (Å²) in [6, 6.07) is 3.68. The maximum absolute atomic E-state index is 12.0. The van der Waals surface area contributed by atoms with Gasteiger partial charge in [-0.15, -0.1) is 0 Å². The minimum atomic E-state index is -0.571. The first-order valence-corrected chi connectivity index (χ1v) is 6.45. The van der Waals surface area contributed by atoms with Crippen LogP contribution in [0.4, 0.5) is 5.69 Å². The molecule has 0 radical (unpaired) electrons. The van der Waals surface area contributed by atoms with Crippen LogP contribution in [0, 0.1) is 0 Å². The van der Waals surface area contributed by atoms with Crippen LogP contribution in [0.2, 0.25) is 5.02 Å². The maximum atomic E-state index is 12.0. The molecule has 21 heavy (non-hydrogen) atoms. The van der Waals surface area contributed by atoms with Gasteiger partial charge in [0.25, 0.3) is 5.56 Å². The SMILES string of the molecule is COC(=O)Cn1ncc(NCc2ccncc2)c(Cl)c1=O. The third-order valence-corrected chi connectivity index (χ3v) is 3.09. The number of pyridine rings is 1. The van der Waals surface area contributed by atoms with E-state index >= 15 is 0 Å². The molecule has 0 unspecified atom stereocenters. The smallest absolute Gasteiger partial charge is 0.327 e. The molecule has 0 aliphatic carbocycles. The molecule has 0 saturated carbocycles. The van der Waals surface area contributed by atoms with E-state index in [0.717, 1.165) is 10.2 Å². The molecule has 7 nitrogen and oxygen atoms in total. The summed E-state index contributed by atoms with van der Waals surface area (Å²) < 4.78 is 5.43. The summed E-state index contributed by atoms with van der Waals surface area (Å²) in [5, 5.41) is 6.87. The van der Waals surface area contributed by atoms with Crippen molar-refractivity contribution >= 4 is 23.3 Å². The van der Waals surface area contributed by atoms with Gasteiger partial charge < -0.3 is 10.1 Å². The largest absolute Gasteiger partial charge is 0.468 e. The van der Waals surface area contributed by atoms with Crippen LogP contribution in [0.1, 0.15) is 5.56 Å². The zero-order chi connectivity index (χ0) is 15.2. The monoisotopic (exact) mass is 308 g/mol. The lowest BCUT2D eigenvalue weighted by atomic mass is 10.2. The summed E-state index contributed by atoms with van der Waals surface area (Å²) in [5.74, 6) is -0.571. The van der Waals surface area contributed by atoms with Crippen molar-refractivity contribution in [3.05, 3.63) is 51.7 Å². The second-order valence-corrected chi connectivity index (χ2v) is 4.50. The third kappa shape index (κ3) is 3.79. The van der Waals surface area contributed by atoms with Crippen molar-refractivity contribution in [2.45, 2.75) is 13.1 Å². The topological polar surface area (TPSA) is 86.1 Å². The van der Waals surface area contributed by atoms with Crippen molar-refractivity contribution in [1.82, 2.24) is 14.8 Å². The third-order valence-electron chi connectivity index (χ3n) is 2.72. The number of carbonyl (C=O) groups is 1. The Bertz CT molecular complexity index is 688. The van der Waals surface area contributed by atoms with Crippen LogP contribution in [-0.4, -0.2) is 27.8 Å². The van der Waals surface area contributed by atoms with E-state index in [4.69, 9.17) is 11.6 Å². The van der Waals surface area contributed by atoms with Crippen LogP contribution in [0.5, 0.6) is 0 Å². The molecule has 2 rings (SSSR count). The summed E-state index contributed by atoms with van der Waals surface area (Å²) >= 11 is 5.99. The van der Waals surface area contributed by atoms with E-state index in [1.165, 1.54) is 13.3 Å². The Hall–Kier alpha value is -2.41. The van der Waals surface area contributed by atoms with E-state index in [1.807, 2.05) is 12.1 Å². The highest BCUT2D eigenvalue weighted by atomic mass is 35.5. The van der Waals surface area contributed by atoms with Crippen molar-refractivity contribution < 1.29 is 9.53 Å². The van der Waals surface area contributed by atoms with Crippen molar-refractivity contribution in [3.63, 3.8) is 0 Å². The van der Waals surface area contributed by atoms with Crippen LogP contribution >= 0.6 is 11.6 Å². The normalized spacial score (nSPS) is 10.2. The predicted octanol–water partition coefficient (Wildman–Crippen LogP) is 1.08. The van der Waals surface area contributed by atoms with Crippen molar-refractivity contribution in [2.24, 2.45) is 0 Å². The van der Waals surface area contributed by atoms with Gasteiger partial charge in [0.05, 0.1) is 19.0 Å². The van der Waals surface area contributed by atoms with Gasteiger partial charge >= 0.3 is 5.97 Å². The average Bonchev–Trinajstić information content (AvgIpc) is 2.52. The minimum Gasteiger partial charge on any atom is -0.468 e. The lowest BCUT2D eigenvalue weighted by Gasteiger charge is -2.09. The molecule has 0 aliphatic rings. The number of methoxy groups -OCH3 is 1. The van der Waals surface area contributed by atoms with Crippen molar-refractivity contribution in [1.29, 1.82) is 0 Å². The summed E-state index contributed by atoms with van der Waals surface area (Å²) in [5.41, 5.74) is 0.834. The Kier molecular flexibility index (Phi) is 4.89. The van der Waals surface area contributed by atoms with Crippen LogP contribution in [0.3, 0.4) is 0 Å². The van der Waals surface area contributed by atoms with E-state index in [1.54, 1.807) is 12.4 Å². The van der Waals surface area contributed by atoms with Gasteiger partial charge in [-0.25, -0.2) is 4.68 Å². The standard InChI is InChI=1S/C13H13ClN4O3/c1-21-11(19)8-18-13(20)12(14)10(7-17-18)16-6-9-2-4-15-5-3-9/h2-5,7,16H,6,8H2,1H3. The van der Waals surface area contributed by atoms with Crippen LogP contribution in [0.25, 0.3) is 0 Å². The zero-order valence-corrected chi connectivity index (χ0v) is 12.0. The van der Waals surface area contributed by atoms with E-state index < -0.39 is 11.5 Å². The van der Waals surface area contributed by atoms with Crippen molar-refractivity contribution in [2.75, 3.05) is 12.4 Å². The molecule has 1 N–H and O–H groups in total. The number of aromatic nitrogens is 3.